The van der Waals surface area contributed by atoms with Crippen molar-refractivity contribution >= 4 is 5.97 Å². The molecule has 0 heterocycles. The van der Waals surface area contributed by atoms with Crippen molar-refractivity contribution in [2.24, 2.45) is 11.8 Å². The first-order valence-corrected chi connectivity index (χ1v) is 15.9. The van der Waals surface area contributed by atoms with E-state index < -0.39 is 5.97 Å². The summed E-state index contributed by atoms with van der Waals surface area (Å²) in [5.41, 5.74) is 0. The zero-order valence-corrected chi connectivity index (χ0v) is 23.9. The van der Waals surface area contributed by atoms with Gasteiger partial charge in [0.1, 0.15) is 0 Å². The highest BCUT2D eigenvalue weighted by atomic mass is 16.4. The van der Waals surface area contributed by atoms with Crippen LogP contribution in [0.2, 0.25) is 0 Å². The second kappa shape index (κ2) is 27.1. The van der Waals surface area contributed by atoms with Gasteiger partial charge in [0.15, 0.2) is 0 Å². The molecule has 0 aromatic rings. The third kappa shape index (κ3) is 23.2. The Bertz CT molecular complexity index is 406. The van der Waals surface area contributed by atoms with E-state index in [0.29, 0.717) is 5.92 Å². The van der Waals surface area contributed by atoms with Gasteiger partial charge in [-0.3, -0.25) is 0 Å². The third-order valence-electron chi connectivity index (χ3n) is 7.79. The molecule has 0 rings (SSSR count). The Kier molecular flexibility index (Phi) is 26.6. The lowest BCUT2D eigenvalue weighted by Crippen LogP contribution is -2.32. The van der Waals surface area contributed by atoms with Crippen LogP contribution in [0.3, 0.4) is 0 Å². The van der Waals surface area contributed by atoms with Crippen LogP contribution >= 0.6 is 0 Å². The maximum Gasteiger partial charge on any atom is 0.0445 e. The zero-order valence-electron chi connectivity index (χ0n) is 23.9. The third-order valence-corrected chi connectivity index (χ3v) is 7.79. The Hall–Kier alpha value is -0.530. The van der Waals surface area contributed by atoms with E-state index in [4.69, 9.17) is 0 Å². The molecule has 0 aliphatic heterocycles. The normalized spacial score (nSPS) is 13.3. The molecule has 0 aliphatic rings. The fourth-order valence-corrected chi connectivity index (χ4v) is 5.42. The van der Waals surface area contributed by atoms with Gasteiger partial charge in [-0.15, -0.1) is 0 Å². The molecular weight excluding hydrogens is 416 g/mol. The average molecular weight is 480 g/mol. The van der Waals surface area contributed by atoms with Crippen LogP contribution < -0.4 is 5.11 Å². The Labute approximate surface area is 215 Å². The van der Waals surface area contributed by atoms with E-state index in [-0.39, 0.29) is 5.92 Å². The maximum atomic E-state index is 11.9. The topological polar surface area (TPSA) is 40.1 Å². The molecule has 0 amide bonds. The SMILES string of the molecule is CCCCCCCCCCCCCCC(CC(CCCCCC)CCCCCCCC)C(=O)[O-]. The van der Waals surface area contributed by atoms with E-state index >= 15 is 0 Å². The van der Waals surface area contributed by atoms with E-state index in [1.54, 1.807) is 0 Å². The van der Waals surface area contributed by atoms with Gasteiger partial charge in [-0.2, -0.15) is 0 Å². The fourth-order valence-electron chi connectivity index (χ4n) is 5.42. The lowest BCUT2D eigenvalue weighted by molar-refractivity contribution is -0.312. The van der Waals surface area contributed by atoms with Gasteiger partial charge < -0.3 is 9.90 Å². The summed E-state index contributed by atoms with van der Waals surface area (Å²) in [6, 6.07) is 0. The van der Waals surface area contributed by atoms with Gasteiger partial charge in [0.05, 0.1) is 0 Å². The molecule has 0 aromatic heterocycles. The fraction of sp³-hybridized carbons (Fsp3) is 0.969. The van der Waals surface area contributed by atoms with Crippen LogP contribution in [-0.4, -0.2) is 5.97 Å². The summed E-state index contributed by atoms with van der Waals surface area (Å²) in [7, 11) is 0. The largest absolute Gasteiger partial charge is 0.550 e. The Morgan fingerprint density at radius 2 is 0.765 bits per heavy atom. The number of hydrogen-bond acceptors (Lipinski definition) is 2. The second-order valence-corrected chi connectivity index (χ2v) is 11.2. The number of carboxylic acid groups (broad SMARTS) is 1. The van der Waals surface area contributed by atoms with Gasteiger partial charge in [-0.05, 0) is 24.7 Å². The first-order valence-electron chi connectivity index (χ1n) is 15.9. The van der Waals surface area contributed by atoms with Gasteiger partial charge >= 0.3 is 0 Å². The highest BCUT2D eigenvalue weighted by molar-refractivity contribution is 5.67. The standard InChI is InChI=1S/C32H64O2/c1-4-7-10-13-15-16-17-18-19-20-22-25-28-31(32(33)34)29-30(26-23-12-9-6-3)27-24-21-14-11-8-5-2/h30-31H,4-29H2,1-3H3,(H,33,34)/p-1. The van der Waals surface area contributed by atoms with Crippen molar-refractivity contribution in [3.63, 3.8) is 0 Å². The van der Waals surface area contributed by atoms with Crippen molar-refractivity contribution in [2.45, 2.75) is 188 Å². The number of unbranched alkanes of at least 4 members (excludes halogenated alkanes) is 19. The number of rotatable bonds is 28. The summed E-state index contributed by atoms with van der Waals surface area (Å²) in [5, 5.41) is 11.9. The lowest BCUT2D eigenvalue weighted by Gasteiger charge is -2.25. The Morgan fingerprint density at radius 1 is 0.471 bits per heavy atom. The molecule has 0 fully saturated rings. The number of carbonyl (C=O) groups excluding carboxylic acids is 1. The molecule has 0 N–H and O–H groups in total. The predicted octanol–water partition coefficient (Wildman–Crippen LogP) is 10.2. The van der Waals surface area contributed by atoms with E-state index in [1.165, 1.54) is 148 Å². The first kappa shape index (κ1) is 33.5. The van der Waals surface area contributed by atoms with Crippen LogP contribution in [0.4, 0.5) is 0 Å². The summed E-state index contributed by atoms with van der Waals surface area (Å²) in [4.78, 5) is 11.9. The number of carboxylic acids is 1. The van der Waals surface area contributed by atoms with E-state index in [2.05, 4.69) is 20.8 Å². The molecule has 2 nitrogen and oxygen atoms in total. The summed E-state index contributed by atoms with van der Waals surface area (Å²) >= 11 is 0. The van der Waals surface area contributed by atoms with E-state index in [0.717, 1.165) is 19.3 Å². The van der Waals surface area contributed by atoms with Crippen molar-refractivity contribution in [1.29, 1.82) is 0 Å². The van der Waals surface area contributed by atoms with Crippen molar-refractivity contribution in [2.75, 3.05) is 0 Å². The molecule has 2 heteroatoms. The number of aliphatic carboxylic acids is 1. The molecule has 0 saturated carbocycles. The summed E-state index contributed by atoms with van der Waals surface area (Å²) in [5.74, 6) is -0.424. The predicted molar refractivity (Wildman–Crippen MR) is 149 cm³/mol. The van der Waals surface area contributed by atoms with Crippen molar-refractivity contribution in [3.8, 4) is 0 Å². The van der Waals surface area contributed by atoms with Crippen LogP contribution in [0, 0.1) is 11.8 Å². The van der Waals surface area contributed by atoms with Crippen molar-refractivity contribution in [3.05, 3.63) is 0 Å². The van der Waals surface area contributed by atoms with Crippen LogP contribution in [0.25, 0.3) is 0 Å². The molecule has 0 bridgehead atoms. The summed E-state index contributed by atoms with van der Waals surface area (Å²) in [6.45, 7) is 6.80. The van der Waals surface area contributed by atoms with E-state index in [9.17, 15) is 9.90 Å². The minimum atomic E-state index is -0.787. The molecule has 0 aliphatic carbocycles. The minimum Gasteiger partial charge on any atom is -0.550 e. The van der Waals surface area contributed by atoms with Crippen LogP contribution in [0.1, 0.15) is 188 Å². The molecule has 0 aromatic carbocycles. The molecule has 2 unspecified atom stereocenters. The molecule has 0 spiro atoms. The average Bonchev–Trinajstić information content (AvgIpc) is 2.83. The Morgan fingerprint density at radius 3 is 1.12 bits per heavy atom. The molecular formula is C32H63O2-. The molecule has 204 valence electrons. The smallest absolute Gasteiger partial charge is 0.0445 e. The van der Waals surface area contributed by atoms with Crippen LogP contribution in [-0.2, 0) is 4.79 Å². The molecule has 34 heavy (non-hydrogen) atoms. The summed E-state index contributed by atoms with van der Waals surface area (Å²) < 4.78 is 0. The lowest BCUT2D eigenvalue weighted by atomic mass is 9.84. The molecule has 2 atom stereocenters. The minimum absolute atomic E-state index is 0.223. The molecule has 0 radical (unpaired) electrons. The van der Waals surface area contributed by atoms with Crippen molar-refractivity contribution in [1.82, 2.24) is 0 Å². The van der Waals surface area contributed by atoms with Gasteiger partial charge in [0, 0.05) is 5.97 Å². The Balaban J connectivity index is 4.09. The monoisotopic (exact) mass is 479 g/mol. The van der Waals surface area contributed by atoms with Gasteiger partial charge in [0.2, 0.25) is 0 Å². The van der Waals surface area contributed by atoms with Crippen LogP contribution in [0.15, 0.2) is 0 Å². The van der Waals surface area contributed by atoms with Gasteiger partial charge in [-0.1, -0.05) is 175 Å². The highest BCUT2D eigenvalue weighted by Crippen LogP contribution is 2.28. The zero-order chi connectivity index (χ0) is 25.1. The van der Waals surface area contributed by atoms with Gasteiger partial charge in [-0.25, -0.2) is 0 Å². The highest BCUT2D eigenvalue weighted by Gasteiger charge is 2.17. The number of hydrogen-bond donors (Lipinski definition) is 0. The van der Waals surface area contributed by atoms with Crippen LogP contribution in [0.5, 0.6) is 0 Å². The number of carbonyl (C=O) groups is 1. The summed E-state index contributed by atoms with van der Waals surface area (Å²) in [6.07, 6.45) is 33.2. The second-order valence-electron chi connectivity index (χ2n) is 11.2. The first-order chi connectivity index (χ1) is 16.7. The van der Waals surface area contributed by atoms with Gasteiger partial charge in [0.25, 0.3) is 0 Å². The van der Waals surface area contributed by atoms with Crippen molar-refractivity contribution < 1.29 is 9.90 Å². The van der Waals surface area contributed by atoms with E-state index in [1.807, 2.05) is 0 Å². The molecule has 0 saturated heterocycles. The maximum absolute atomic E-state index is 11.9. The quantitative estimate of drug-likeness (QED) is 0.105.